The van der Waals surface area contributed by atoms with Crippen LogP contribution in [0.15, 0.2) is 0 Å². The van der Waals surface area contributed by atoms with Crippen LogP contribution in [0.1, 0.15) is 27.7 Å². The largest absolute Gasteiger partial charge is 0.463 e. The topological polar surface area (TPSA) is 114 Å². The lowest BCUT2D eigenvalue weighted by Gasteiger charge is -2.42. The van der Waals surface area contributed by atoms with Crippen molar-refractivity contribution >= 4 is 39.8 Å². The van der Waals surface area contributed by atoms with Gasteiger partial charge in [0.15, 0.2) is 23.3 Å². The molecule has 1 aliphatic heterocycles. The molecule has 0 spiro atoms. The Morgan fingerprint density at radius 3 is 1.71 bits per heavy atom. The maximum absolute atomic E-state index is 11.4. The standard InChI is InChI=1S/C14H19BrO9/c1-6(16)20-5-10-11(21-7(2)17)12(22-8(3)18)13(14(15)24-10)23-9(4)19/h10-14H,5H2,1-4H3/t10?,11-,12-,13?,14+/m0/s1. The lowest BCUT2D eigenvalue weighted by Crippen LogP contribution is -2.60. The average molecular weight is 411 g/mol. The van der Waals surface area contributed by atoms with Gasteiger partial charge >= 0.3 is 23.9 Å². The minimum absolute atomic E-state index is 0.236. The van der Waals surface area contributed by atoms with Crippen LogP contribution in [0, 0.1) is 0 Å². The van der Waals surface area contributed by atoms with E-state index >= 15 is 0 Å². The van der Waals surface area contributed by atoms with Gasteiger partial charge in [-0.25, -0.2) is 0 Å². The van der Waals surface area contributed by atoms with Gasteiger partial charge in [0, 0.05) is 27.7 Å². The van der Waals surface area contributed by atoms with Crippen LogP contribution in [-0.4, -0.2) is 59.9 Å². The lowest BCUT2D eigenvalue weighted by atomic mass is 9.99. The molecule has 9 nitrogen and oxygen atoms in total. The molecular formula is C14H19BrO9. The summed E-state index contributed by atoms with van der Waals surface area (Å²) in [6.45, 7) is 4.47. The van der Waals surface area contributed by atoms with Crippen molar-refractivity contribution in [3.63, 3.8) is 0 Å². The van der Waals surface area contributed by atoms with E-state index in [-0.39, 0.29) is 6.61 Å². The van der Waals surface area contributed by atoms with E-state index in [0.717, 1.165) is 13.8 Å². The first-order valence-corrected chi connectivity index (χ1v) is 7.98. The van der Waals surface area contributed by atoms with Gasteiger partial charge in [0.05, 0.1) is 0 Å². The Labute approximate surface area is 147 Å². The quantitative estimate of drug-likeness (QED) is 0.362. The highest BCUT2D eigenvalue weighted by molar-refractivity contribution is 9.09. The Balaban J connectivity index is 3.11. The third kappa shape index (κ3) is 6.08. The van der Waals surface area contributed by atoms with Gasteiger partial charge in [-0.15, -0.1) is 0 Å². The molecule has 0 saturated carbocycles. The normalized spacial score (nSPS) is 29.3. The minimum atomic E-state index is -1.13. The van der Waals surface area contributed by atoms with E-state index in [9.17, 15) is 19.2 Å². The Morgan fingerprint density at radius 2 is 1.25 bits per heavy atom. The third-order valence-electron chi connectivity index (χ3n) is 2.93. The summed E-state index contributed by atoms with van der Waals surface area (Å²) in [6, 6.07) is 0. The van der Waals surface area contributed by atoms with Crippen LogP contribution in [0.5, 0.6) is 0 Å². The van der Waals surface area contributed by atoms with Gasteiger partial charge in [0.2, 0.25) is 0 Å². The second kappa shape index (κ2) is 8.97. The van der Waals surface area contributed by atoms with Gasteiger partial charge in [-0.1, -0.05) is 15.9 Å². The molecule has 0 aliphatic carbocycles. The molecule has 1 aliphatic rings. The minimum Gasteiger partial charge on any atom is -0.463 e. The van der Waals surface area contributed by atoms with E-state index in [1.54, 1.807) is 0 Å². The smallest absolute Gasteiger partial charge is 0.303 e. The predicted octanol–water partition coefficient (Wildman–Crippen LogP) is 0.464. The van der Waals surface area contributed by atoms with Crippen molar-refractivity contribution < 1.29 is 42.9 Å². The number of carbonyl (C=O) groups is 4. The van der Waals surface area contributed by atoms with Crippen molar-refractivity contribution in [3.05, 3.63) is 0 Å². The SMILES string of the molecule is CC(=O)OCC1O[C@@H](Br)C(OC(C)=O)[C@@H](OC(C)=O)[C@H]1OC(C)=O. The molecule has 1 heterocycles. The maximum atomic E-state index is 11.4. The first kappa shape index (κ1) is 20.4. The number of carbonyl (C=O) groups excluding carboxylic acids is 4. The summed E-state index contributed by atoms with van der Waals surface area (Å²) < 4.78 is 25.9. The molecule has 5 atom stereocenters. The second-order valence-electron chi connectivity index (χ2n) is 5.05. The van der Waals surface area contributed by atoms with Crippen LogP contribution in [-0.2, 0) is 42.9 Å². The van der Waals surface area contributed by atoms with E-state index in [0.29, 0.717) is 0 Å². The van der Waals surface area contributed by atoms with Crippen molar-refractivity contribution in [2.75, 3.05) is 6.61 Å². The molecule has 0 bridgehead atoms. The fourth-order valence-corrected chi connectivity index (χ4v) is 2.86. The van der Waals surface area contributed by atoms with Crippen molar-refractivity contribution in [1.82, 2.24) is 0 Å². The van der Waals surface area contributed by atoms with E-state index < -0.39 is 53.3 Å². The van der Waals surface area contributed by atoms with Gasteiger partial charge in [-0.2, -0.15) is 0 Å². The zero-order chi connectivity index (χ0) is 18.4. The molecule has 0 N–H and O–H groups in total. The summed E-state index contributed by atoms with van der Waals surface area (Å²) in [4.78, 5) is 45.1. The Morgan fingerprint density at radius 1 is 0.792 bits per heavy atom. The molecule has 1 rings (SSSR count). The van der Waals surface area contributed by atoms with Gasteiger partial charge in [-0.05, 0) is 0 Å². The summed E-state index contributed by atoms with van der Waals surface area (Å²) in [5.74, 6) is -2.52. The monoisotopic (exact) mass is 410 g/mol. The van der Waals surface area contributed by atoms with Crippen molar-refractivity contribution in [3.8, 4) is 0 Å². The van der Waals surface area contributed by atoms with E-state index in [4.69, 9.17) is 23.7 Å². The van der Waals surface area contributed by atoms with E-state index in [1.807, 2.05) is 0 Å². The Bertz CT molecular complexity index is 506. The summed E-state index contributed by atoms with van der Waals surface area (Å²) in [7, 11) is 0. The molecule has 0 aromatic heterocycles. The zero-order valence-corrected chi connectivity index (χ0v) is 15.2. The van der Waals surface area contributed by atoms with Crippen molar-refractivity contribution in [1.29, 1.82) is 0 Å². The van der Waals surface area contributed by atoms with Crippen LogP contribution in [0.2, 0.25) is 0 Å². The van der Waals surface area contributed by atoms with Crippen LogP contribution in [0.3, 0.4) is 0 Å². The van der Waals surface area contributed by atoms with Gasteiger partial charge in [0.1, 0.15) is 12.7 Å². The van der Waals surface area contributed by atoms with Crippen LogP contribution in [0.4, 0.5) is 0 Å². The number of ether oxygens (including phenoxy) is 5. The van der Waals surface area contributed by atoms with Crippen molar-refractivity contribution in [2.45, 2.75) is 57.1 Å². The molecule has 1 fully saturated rings. The number of rotatable bonds is 5. The molecule has 0 aromatic carbocycles. The lowest BCUT2D eigenvalue weighted by molar-refractivity contribution is -0.236. The summed E-state index contributed by atoms with van der Waals surface area (Å²) in [5.41, 5.74) is 0. The number of hydrogen-bond acceptors (Lipinski definition) is 9. The van der Waals surface area contributed by atoms with Gasteiger partial charge < -0.3 is 23.7 Å². The van der Waals surface area contributed by atoms with Gasteiger partial charge in [-0.3, -0.25) is 19.2 Å². The number of hydrogen-bond donors (Lipinski definition) is 0. The predicted molar refractivity (Wildman–Crippen MR) is 80.9 cm³/mol. The molecular weight excluding hydrogens is 392 g/mol. The summed E-state index contributed by atoms with van der Waals surface area (Å²) in [5, 5.41) is -0.863. The third-order valence-corrected chi connectivity index (χ3v) is 3.67. The Kier molecular flexibility index (Phi) is 7.61. The zero-order valence-electron chi connectivity index (χ0n) is 13.6. The van der Waals surface area contributed by atoms with Crippen LogP contribution >= 0.6 is 15.9 Å². The molecule has 10 heteroatoms. The number of esters is 4. The van der Waals surface area contributed by atoms with Crippen LogP contribution < -0.4 is 0 Å². The first-order valence-electron chi connectivity index (χ1n) is 7.06. The highest BCUT2D eigenvalue weighted by atomic mass is 79.9. The molecule has 0 radical (unpaired) electrons. The number of halogens is 1. The molecule has 24 heavy (non-hydrogen) atoms. The fourth-order valence-electron chi connectivity index (χ4n) is 2.18. The average Bonchev–Trinajstić information content (AvgIpc) is 2.42. The van der Waals surface area contributed by atoms with Crippen LogP contribution in [0.25, 0.3) is 0 Å². The molecule has 2 unspecified atom stereocenters. The summed E-state index contributed by atoms with van der Waals surface area (Å²) >= 11 is 3.18. The summed E-state index contributed by atoms with van der Waals surface area (Å²) in [6.07, 6.45) is -4.22. The molecule has 1 saturated heterocycles. The first-order chi connectivity index (χ1) is 11.1. The second-order valence-corrected chi connectivity index (χ2v) is 5.95. The maximum Gasteiger partial charge on any atom is 0.303 e. The van der Waals surface area contributed by atoms with E-state index in [1.165, 1.54) is 13.8 Å². The van der Waals surface area contributed by atoms with Crippen molar-refractivity contribution in [2.24, 2.45) is 0 Å². The highest BCUT2D eigenvalue weighted by Gasteiger charge is 2.51. The van der Waals surface area contributed by atoms with E-state index in [2.05, 4.69) is 15.9 Å². The highest BCUT2D eigenvalue weighted by Crippen LogP contribution is 2.31. The molecule has 0 aromatic rings. The number of alkyl halides is 1. The molecule has 136 valence electrons. The molecule has 0 amide bonds. The van der Waals surface area contributed by atoms with Gasteiger partial charge in [0.25, 0.3) is 0 Å². The fraction of sp³-hybridized carbons (Fsp3) is 0.714. The Hall–Kier alpha value is -1.68.